The number of nitrogens with zero attached hydrogens (tertiary/aromatic N) is 3. The molecule has 1 fully saturated rings. The Morgan fingerprint density at radius 1 is 1.28 bits per heavy atom. The van der Waals surface area contributed by atoms with Gasteiger partial charge in [-0.1, -0.05) is 11.2 Å². The van der Waals surface area contributed by atoms with E-state index in [-0.39, 0.29) is 18.2 Å². The number of halogens is 2. The number of aliphatic imine (C=N–C) groups is 1. The third-order valence-corrected chi connectivity index (χ3v) is 5.36. The Kier molecular flexibility index (Phi) is 7.19. The van der Waals surface area contributed by atoms with E-state index in [4.69, 9.17) is 4.52 Å². The summed E-state index contributed by atoms with van der Waals surface area (Å²) in [4.78, 5) is 6.38. The van der Waals surface area contributed by atoms with Crippen LogP contribution in [-0.4, -0.2) is 48.7 Å². The normalized spacial score (nSPS) is 18.1. The second kappa shape index (κ2) is 9.82. The van der Waals surface area contributed by atoms with Crippen molar-refractivity contribution in [2.45, 2.75) is 45.7 Å². The minimum Gasteiger partial charge on any atom is -0.361 e. The minimum atomic E-state index is -0.489. The van der Waals surface area contributed by atoms with Crippen LogP contribution < -0.4 is 10.6 Å². The molecule has 0 bridgehead atoms. The summed E-state index contributed by atoms with van der Waals surface area (Å²) in [5.74, 6) is 0.588. The van der Waals surface area contributed by atoms with Crippen LogP contribution in [0.15, 0.2) is 27.7 Å². The third-order valence-electron chi connectivity index (χ3n) is 5.36. The highest BCUT2D eigenvalue weighted by Gasteiger charge is 2.22. The van der Waals surface area contributed by atoms with E-state index in [0.717, 1.165) is 48.8 Å². The van der Waals surface area contributed by atoms with Gasteiger partial charge in [-0.05, 0) is 51.8 Å². The monoisotopic (exact) mass is 405 g/mol. The first-order valence-corrected chi connectivity index (χ1v) is 10.0. The van der Waals surface area contributed by atoms with Crippen LogP contribution in [0.3, 0.4) is 0 Å². The molecule has 8 heteroatoms. The summed E-state index contributed by atoms with van der Waals surface area (Å²) in [5, 5.41) is 10.7. The third kappa shape index (κ3) is 5.53. The quantitative estimate of drug-likeness (QED) is 0.571. The lowest BCUT2D eigenvalue weighted by molar-refractivity contribution is 0.188. The number of guanidine groups is 1. The van der Waals surface area contributed by atoms with Gasteiger partial charge in [-0.2, -0.15) is 0 Å². The van der Waals surface area contributed by atoms with Gasteiger partial charge in [0.1, 0.15) is 17.4 Å². The highest BCUT2D eigenvalue weighted by Crippen LogP contribution is 2.18. The van der Waals surface area contributed by atoms with Crippen LogP contribution >= 0.6 is 0 Å². The van der Waals surface area contributed by atoms with Gasteiger partial charge in [0.15, 0.2) is 5.96 Å². The number of nitrogens with one attached hydrogen (secondary N) is 2. The minimum absolute atomic E-state index is 0.134. The maximum Gasteiger partial charge on any atom is 0.191 e. The highest BCUT2D eigenvalue weighted by molar-refractivity contribution is 5.80. The molecular formula is C21H29F2N5O. The van der Waals surface area contributed by atoms with Crippen molar-refractivity contribution in [3.05, 3.63) is 52.4 Å². The van der Waals surface area contributed by atoms with Gasteiger partial charge < -0.3 is 15.2 Å². The van der Waals surface area contributed by atoms with Crippen molar-refractivity contribution in [1.82, 2.24) is 20.7 Å². The van der Waals surface area contributed by atoms with Gasteiger partial charge >= 0.3 is 0 Å². The van der Waals surface area contributed by atoms with Crippen molar-refractivity contribution in [2.24, 2.45) is 4.99 Å². The van der Waals surface area contributed by atoms with Gasteiger partial charge in [0.2, 0.25) is 0 Å². The fraction of sp³-hybridized carbons (Fsp3) is 0.524. The molecule has 1 aliphatic rings. The van der Waals surface area contributed by atoms with Crippen LogP contribution in [0.2, 0.25) is 0 Å². The van der Waals surface area contributed by atoms with Crippen LogP contribution in [0.25, 0.3) is 0 Å². The Balaban J connectivity index is 1.50. The average molecular weight is 405 g/mol. The molecule has 2 aromatic rings. The van der Waals surface area contributed by atoms with E-state index in [1.54, 1.807) is 7.05 Å². The van der Waals surface area contributed by atoms with E-state index in [9.17, 15) is 8.78 Å². The van der Waals surface area contributed by atoms with Crippen molar-refractivity contribution in [3.8, 4) is 0 Å². The van der Waals surface area contributed by atoms with Crippen molar-refractivity contribution in [1.29, 1.82) is 0 Å². The summed E-state index contributed by atoms with van der Waals surface area (Å²) in [6.45, 7) is 6.36. The molecule has 0 amide bonds. The van der Waals surface area contributed by atoms with Crippen molar-refractivity contribution in [2.75, 3.05) is 26.7 Å². The summed E-state index contributed by atoms with van der Waals surface area (Å²) < 4.78 is 33.1. The number of hydrogen-bond acceptors (Lipinski definition) is 4. The number of aromatic nitrogens is 1. The number of aryl methyl sites for hydroxylation is 2. The largest absolute Gasteiger partial charge is 0.361 e. The Hall–Kier alpha value is -2.48. The van der Waals surface area contributed by atoms with Crippen LogP contribution in [0, 0.1) is 25.5 Å². The Bertz CT molecular complexity index is 812. The maximum atomic E-state index is 14.0. The summed E-state index contributed by atoms with van der Waals surface area (Å²) in [5.41, 5.74) is 2.16. The molecule has 1 atom stereocenters. The van der Waals surface area contributed by atoms with Gasteiger partial charge in [0.25, 0.3) is 0 Å². The molecule has 3 rings (SSSR count). The number of hydrogen-bond donors (Lipinski definition) is 2. The fourth-order valence-electron chi connectivity index (χ4n) is 3.78. The van der Waals surface area contributed by atoms with Gasteiger partial charge in [-0.3, -0.25) is 9.89 Å². The zero-order chi connectivity index (χ0) is 20.8. The Morgan fingerprint density at radius 2 is 2.03 bits per heavy atom. The zero-order valence-corrected chi connectivity index (χ0v) is 17.3. The predicted octanol–water partition coefficient (Wildman–Crippen LogP) is 2.94. The van der Waals surface area contributed by atoms with Crippen LogP contribution in [0.5, 0.6) is 0 Å². The standard InChI is InChI=1S/C21H29F2N5O/c1-14-17(15(2)29-27-14)9-10-25-21(24-3)26-16-6-5-11-28(12-16)13-18-19(22)7-4-8-20(18)23/h4,7-8,16H,5-6,9-13H2,1-3H3,(H2,24,25,26). The van der Waals surface area contributed by atoms with E-state index in [1.165, 1.54) is 18.2 Å². The average Bonchev–Trinajstić information content (AvgIpc) is 3.02. The van der Waals surface area contributed by atoms with Crippen LogP contribution in [0.1, 0.15) is 35.4 Å². The smallest absolute Gasteiger partial charge is 0.191 e. The second-order valence-corrected chi connectivity index (χ2v) is 7.47. The lowest BCUT2D eigenvalue weighted by atomic mass is 10.0. The van der Waals surface area contributed by atoms with E-state index < -0.39 is 11.6 Å². The Labute approximate surface area is 170 Å². The molecule has 1 saturated heterocycles. The van der Waals surface area contributed by atoms with Crippen molar-refractivity contribution in [3.63, 3.8) is 0 Å². The Morgan fingerprint density at radius 3 is 2.69 bits per heavy atom. The van der Waals surface area contributed by atoms with E-state index >= 15 is 0 Å². The molecule has 29 heavy (non-hydrogen) atoms. The first kappa shape index (κ1) is 21.2. The summed E-state index contributed by atoms with van der Waals surface area (Å²) >= 11 is 0. The van der Waals surface area contributed by atoms with Crippen molar-refractivity contribution < 1.29 is 13.3 Å². The van der Waals surface area contributed by atoms with Gasteiger partial charge in [0.05, 0.1) is 5.69 Å². The molecule has 1 aromatic carbocycles. The zero-order valence-electron chi connectivity index (χ0n) is 17.3. The lowest BCUT2D eigenvalue weighted by Crippen LogP contribution is -2.51. The molecular weight excluding hydrogens is 376 g/mol. The van der Waals surface area contributed by atoms with E-state index in [2.05, 4.69) is 25.7 Å². The van der Waals surface area contributed by atoms with Crippen LogP contribution in [-0.2, 0) is 13.0 Å². The summed E-state index contributed by atoms with van der Waals surface area (Å²) in [6, 6.07) is 4.18. The molecule has 1 aromatic heterocycles. The molecule has 0 spiro atoms. The van der Waals surface area contributed by atoms with Crippen LogP contribution in [0.4, 0.5) is 8.78 Å². The molecule has 0 aliphatic carbocycles. The summed E-state index contributed by atoms with van der Waals surface area (Å²) in [6.07, 6.45) is 2.75. The van der Waals surface area contributed by atoms with Crippen molar-refractivity contribution >= 4 is 5.96 Å². The van der Waals surface area contributed by atoms with Gasteiger partial charge in [-0.25, -0.2) is 8.78 Å². The van der Waals surface area contributed by atoms with E-state index in [0.29, 0.717) is 13.1 Å². The van der Waals surface area contributed by atoms with E-state index in [1.807, 2.05) is 13.8 Å². The fourth-order valence-corrected chi connectivity index (χ4v) is 3.78. The van der Waals surface area contributed by atoms with Gasteiger partial charge in [0, 0.05) is 43.9 Å². The first-order valence-electron chi connectivity index (χ1n) is 10.0. The number of likely N-dealkylation sites (tertiary alicyclic amines) is 1. The lowest BCUT2D eigenvalue weighted by Gasteiger charge is -2.34. The number of rotatable bonds is 6. The molecule has 2 heterocycles. The molecule has 6 nitrogen and oxygen atoms in total. The topological polar surface area (TPSA) is 65.7 Å². The maximum absolute atomic E-state index is 14.0. The molecule has 1 unspecified atom stereocenters. The number of benzene rings is 1. The SMILES string of the molecule is CN=C(NCCc1c(C)noc1C)NC1CCCN(Cc2c(F)cccc2F)C1. The van der Waals surface area contributed by atoms with Gasteiger partial charge in [-0.15, -0.1) is 0 Å². The molecule has 0 radical (unpaired) electrons. The molecule has 2 N–H and O–H groups in total. The highest BCUT2D eigenvalue weighted by atomic mass is 19.1. The second-order valence-electron chi connectivity index (χ2n) is 7.47. The number of piperidine rings is 1. The summed E-state index contributed by atoms with van der Waals surface area (Å²) in [7, 11) is 1.74. The molecule has 158 valence electrons. The molecule has 0 saturated carbocycles. The molecule has 1 aliphatic heterocycles. The first-order chi connectivity index (χ1) is 14.0. The predicted molar refractivity (Wildman–Crippen MR) is 109 cm³/mol.